The zero-order valence-corrected chi connectivity index (χ0v) is 9.93. The number of rotatable bonds is 3. The molecular weight excluding hydrogens is 230 g/mol. The Morgan fingerprint density at radius 3 is 3.11 bits per heavy atom. The topological polar surface area (TPSA) is 74.8 Å². The fraction of sp³-hybridized carbons (Fsp3) is 0.154. The number of nitrogens with zero attached hydrogens (tertiary/aromatic N) is 1. The Morgan fingerprint density at radius 2 is 2.33 bits per heavy atom. The summed E-state index contributed by atoms with van der Waals surface area (Å²) < 4.78 is 0. The smallest absolute Gasteiger partial charge is 0.258 e. The minimum absolute atomic E-state index is 0.155. The summed E-state index contributed by atoms with van der Waals surface area (Å²) in [4.78, 5) is 29.4. The number of aromatic nitrogens is 2. The van der Waals surface area contributed by atoms with Gasteiger partial charge in [0.05, 0.1) is 17.2 Å². The minimum atomic E-state index is -0.187. The van der Waals surface area contributed by atoms with E-state index in [1.807, 2.05) is 13.0 Å². The van der Waals surface area contributed by atoms with Gasteiger partial charge in [-0.05, 0) is 30.7 Å². The van der Waals surface area contributed by atoms with E-state index in [2.05, 4.69) is 15.3 Å². The van der Waals surface area contributed by atoms with Gasteiger partial charge in [-0.1, -0.05) is 6.07 Å². The molecule has 0 fully saturated rings. The number of aromatic amines is 1. The molecule has 0 aliphatic carbocycles. The Balaban J connectivity index is 2.33. The predicted octanol–water partition coefficient (Wildman–Crippen LogP) is 1.07. The highest BCUT2D eigenvalue weighted by Crippen LogP contribution is 2.10. The van der Waals surface area contributed by atoms with Crippen LogP contribution in [0.1, 0.15) is 12.5 Å². The summed E-state index contributed by atoms with van der Waals surface area (Å²) in [5.74, 6) is -0.155. The number of hydrogen-bond acceptors (Lipinski definition) is 3. The SMILES string of the molecule is CCNC(=O)/C=C/c1ccc2nc[nH]c(=O)c2c1. The first-order chi connectivity index (χ1) is 8.70. The third-order valence-corrected chi connectivity index (χ3v) is 2.44. The van der Waals surface area contributed by atoms with E-state index in [9.17, 15) is 9.59 Å². The molecule has 2 aromatic rings. The van der Waals surface area contributed by atoms with Crippen LogP contribution in [0.15, 0.2) is 35.4 Å². The number of nitrogens with one attached hydrogen (secondary N) is 2. The van der Waals surface area contributed by atoms with E-state index in [0.717, 1.165) is 5.56 Å². The molecule has 2 N–H and O–H groups in total. The van der Waals surface area contributed by atoms with Crippen molar-refractivity contribution in [2.75, 3.05) is 6.54 Å². The molecule has 1 heterocycles. The van der Waals surface area contributed by atoms with Gasteiger partial charge in [0.15, 0.2) is 0 Å². The molecule has 1 aromatic carbocycles. The molecule has 1 aromatic heterocycles. The average molecular weight is 243 g/mol. The summed E-state index contributed by atoms with van der Waals surface area (Å²) in [5.41, 5.74) is 1.23. The number of carbonyl (C=O) groups excluding carboxylic acids is 1. The highest BCUT2D eigenvalue weighted by atomic mass is 16.1. The van der Waals surface area contributed by atoms with Crippen LogP contribution < -0.4 is 10.9 Å². The van der Waals surface area contributed by atoms with Crippen LogP contribution in [0.5, 0.6) is 0 Å². The molecule has 92 valence electrons. The monoisotopic (exact) mass is 243 g/mol. The van der Waals surface area contributed by atoms with Gasteiger partial charge in [0.1, 0.15) is 0 Å². The maximum absolute atomic E-state index is 11.6. The lowest BCUT2D eigenvalue weighted by Gasteiger charge is -1.98. The summed E-state index contributed by atoms with van der Waals surface area (Å²) >= 11 is 0. The first-order valence-electron chi connectivity index (χ1n) is 5.64. The fourth-order valence-corrected chi connectivity index (χ4v) is 1.60. The number of fused-ring (bicyclic) bond motifs is 1. The maximum Gasteiger partial charge on any atom is 0.258 e. The maximum atomic E-state index is 11.6. The summed E-state index contributed by atoms with van der Waals surface area (Å²) in [6, 6.07) is 5.27. The molecule has 0 saturated heterocycles. The van der Waals surface area contributed by atoms with E-state index in [1.165, 1.54) is 12.4 Å². The second-order valence-electron chi connectivity index (χ2n) is 3.74. The van der Waals surface area contributed by atoms with Gasteiger partial charge in [0.2, 0.25) is 5.91 Å². The molecule has 0 spiro atoms. The number of carbonyl (C=O) groups is 1. The van der Waals surface area contributed by atoms with Crippen LogP contribution in [0, 0.1) is 0 Å². The van der Waals surface area contributed by atoms with Gasteiger partial charge in [0.25, 0.3) is 5.56 Å². The van der Waals surface area contributed by atoms with E-state index >= 15 is 0 Å². The molecular formula is C13H13N3O2. The van der Waals surface area contributed by atoms with Crippen molar-refractivity contribution in [2.24, 2.45) is 0 Å². The van der Waals surface area contributed by atoms with Gasteiger partial charge in [-0.15, -0.1) is 0 Å². The Bertz CT molecular complexity index is 659. The summed E-state index contributed by atoms with van der Waals surface area (Å²) in [5, 5.41) is 3.17. The molecule has 0 aliphatic heterocycles. The third-order valence-electron chi connectivity index (χ3n) is 2.44. The fourth-order valence-electron chi connectivity index (χ4n) is 1.60. The van der Waals surface area contributed by atoms with Crippen LogP contribution in [0.25, 0.3) is 17.0 Å². The van der Waals surface area contributed by atoms with Crippen molar-refractivity contribution >= 4 is 22.9 Å². The number of amides is 1. The van der Waals surface area contributed by atoms with Crippen molar-refractivity contribution in [3.05, 3.63) is 46.5 Å². The quantitative estimate of drug-likeness (QED) is 0.792. The molecule has 0 aliphatic rings. The van der Waals surface area contributed by atoms with E-state index in [4.69, 9.17) is 0 Å². The van der Waals surface area contributed by atoms with Gasteiger partial charge in [-0.25, -0.2) is 4.98 Å². The zero-order valence-electron chi connectivity index (χ0n) is 9.93. The van der Waals surface area contributed by atoms with Gasteiger partial charge >= 0.3 is 0 Å². The van der Waals surface area contributed by atoms with Crippen molar-refractivity contribution < 1.29 is 4.79 Å². The van der Waals surface area contributed by atoms with Crippen LogP contribution in [-0.4, -0.2) is 22.4 Å². The second-order valence-corrected chi connectivity index (χ2v) is 3.74. The first kappa shape index (κ1) is 12.0. The van der Waals surface area contributed by atoms with Crippen LogP contribution in [0.4, 0.5) is 0 Å². The number of hydrogen-bond donors (Lipinski definition) is 2. The Hall–Kier alpha value is -2.43. The molecule has 5 nitrogen and oxygen atoms in total. The lowest BCUT2D eigenvalue weighted by atomic mass is 10.1. The minimum Gasteiger partial charge on any atom is -0.353 e. The molecule has 5 heteroatoms. The molecule has 0 bridgehead atoms. The van der Waals surface area contributed by atoms with Crippen LogP contribution >= 0.6 is 0 Å². The molecule has 1 amide bonds. The number of likely N-dealkylation sites (N-methyl/N-ethyl adjacent to an activating group) is 1. The highest BCUT2D eigenvalue weighted by molar-refractivity contribution is 5.92. The van der Waals surface area contributed by atoms with Crippen molar-refractivity contribution in [3.8, 4) is 0 Å². The third kappa shape index (κ3) is 2.63. The summed E-state index contributed by atoms with van der Waals surface area (Å²) in [6.07, 6.45) is 4.47. The van der Waals surface area contributed by atoms with E-state index < -0.39 is 0 Å². The molecule has 0 atom stereocenters. The van der Waals surface area contributed by atoms with E-state index in [0.29, 0.717) is 17.4 Å². The lowest BCUT2D eigenvalue weighted by molar-refractivity contribution is -0.116. The molecule has 0 saturated carbocycles. The second kappa shape index (κ2) is 5.27. The number of H-pyrrole nitrogens is 1. The molecule has 0 radical (unpaired) electrons. The van der Waals surface area contributed by atoms with Crippen molar-refractivity contribution in [1.82, 2.24) is 15.3 Å². The standard InChI is InChI=1S/C13H13N3O2/c1-2-14-12(17)6-4-9-3-5-11-10(7-9)13(18)16-8-15-11/h3-8H,2H2,1H3,(H,14,17)(H,15,16,18)/b6-4+. The Kier molecular flexibility index (Phi) is 3.52. The zero-order chi connectivity index (χ0) is 13.0. The van der Waals surface area contributed by atoms with Gasteiger partial charge in [-0.3, -0.25) is 9.59 Å². The lowest BCUT2D eigenvalue weighted by Crippen LogP contribution is -2.19. The largest absolute Gasteiger partial charge is 0.353 e. The van der Waals surface area contributed by atoms with Gasteiger partial charge in [-0.2, -0.15) is 0 Å². The van der Waals surface area contributed by atoms with Gasteiger partial charge < -0.3 is 10.3 Å². The summed E-state index contributed by atoms with van der Waals surface area (Å²) in [7, 11) is 0. The van der Waals surface area contributed by atoms with Crippen molar-refractivity contribution in [1.29, 1.82) is 0 Å². The predicted molar refractivity (Wildman–Crippen MR) is 70.1 cm³/mol. The van der Waals surface area contributed by atoms with Crippen LogP contribution in [-0.2, 0) is 4.79 Å². The Morgan fingerprint density at radius 1 is 1.50 bits per heavy atom. The Labute approximate surface area is 104 Å². The van der Waals surface area contributed by atoms with E-state index in [-0.39, 0.29) is 11.5 Å². The molecule has 0 unspecified atom stereocenters. The molecule has 18 heavy (non-hydrogen) atoms. The van der Waals surface area contributed by atoms with Crippen molar-refractivity contribution in [3.63, 3.8) is 0 Å². The van der Waals surface area contributed by atoms with Crippen molar-refractivity contribution in [2.45, 2.75) is 6.92 Å². The first-order valence-corrected chi connectivity index (χ1v) is 5.64. The summed E-state index contributed by atoms with van der Waals surface area (Å²) in [6.45, 7) is 2.44. The van der Waals surface area contributed by atoms with Crippen LogP contribution in [0.3, 0.4) is 0 Å². The average Bonchev–Trinajstić information content (AvgIpc) is 2.37. The van der Waals surface area contributed by atoms with Gasteiger partial charge in [0, 0.05) is 12.6 Å². The highest BCUT2D eigenvalue weighted by Gasteiger charge is 1.99. The number of benzene rings is 1. The van der Waals surface area contributed by atoms with E-state index in [1.54, 1.807) is 18.2 Å². The van der Waals surface area contributed by atoms with Crippen LogP contribution in [0.2, 0.25) is 0 Å². The normalized spacial score (nSPS) is 10.9. The molecule has 2 rings (SSSR count).